The number of halogens is 1. The number of nitrogens with zero attached hydrogens (tertiary/aromatic N) is 2. The van der Waals surface area contributed by atoms with Crippen LogP contribution in [0, 0.1) is 5.92 Å². The normalized spacial score (nSPS) is 20.9. The second kappa shape index (κ2) is 7.61. The number of hydrogen-bond acceptors (Lipinski definition) is 4. The van der Waals surface area contributed by atoms with Gasteiger partial charge in [0.15, 0.2) is 0 Å². The maximum absolute atomic E-state index is 4.62. The fourth-order valence-corrected chi connectivity index (χ4v) is 3.89. The molecule has 2 aliphatic rings. The molecule has 2 fully saturated rings. The smallest absolute Gasteiger partial charge is 0.107 e. The summed E-state index contributed by atoms with van der Waals surface area (Å²) in [6.45, 7) is 11.5. The van der Waals surface area contributed by atoms with Crippen molar-refractivity contribution in [3.8, 4) is 0 Å². The molecule has 0 unspecified atom stereocenters. The van der Waals surface area contributed by atoms with E-state index in [0.29, 0.717) is 0 Å². The number of rotatable bonds is 5. The van der Waals surface area contributed by atoms with Gasteiger partial charge in [0.05, 0.1) is 6.54 Å². The van der Waals surface area contributed by atoms with Crippen LogP contribution in [0.4, 0.5) is 0 Å². The molecular weight excluding hydrogens is 314 g/mol. The fraction of sp³-hybridized carbons (Fsp3) is 0.824. The minimum Gasteiger partial charge on any atom is -0.314 e. The highest BCUT2D eigenvalue weighted by molar-refractivity contribution is 7.11. The summed E-state index contributed by atoms with van der Waals surface area (Å²) >= 11 is 1.89. The van der Waals surface area contributed by atoms with E-state index in [0.717, 1.165) is 18.5 Å². The second-order valence-electron chi connectivity index (χ2n) is 7.77. The van der Waals surface area contributed by atoms with Crippen LogP contribution >= 0.6 is 23.7 Å². The van der Waals surface area contributed by atoms with Gasteiger partial charge in [-0.2, -0.15) is 0 Å². The lowest BCUT2D eigenvalue weighted by Crippen LogP contribution is -2.42. The van der Waals surface area contributed by atoms with Gasteiger partial charge in [0.1, 0.15) is 5.01 Å². The summed E-state index contributed by atoms with van der Waals surface area (Å²) in [5.41, 5.74) is 0.232. The number of likely N-dealkylation sites (tertiary alicyclic amines) is 1. The van der Waals surface area contributed by atoms with Gasteiger partial charge in [0, 0.05) is 30.2 Å². The van der Waals surface area contributed by atoms with Crippen molar-refractivity contribution in [2.45, 2.75) is 64.5 Å². The Hall–Kier alpha value is -0.160. The summed E-state index contributed by atoms with van der Waals surface area (Å²) < 4.78 is 0. The van der Waals surface area contributed by atoms with Crippen LogP contribution in [-0.4, -0.2) is 35.6 Å². The topological polar surface area (TPSA) is 28.2 Å². The molecule has 2 heterocycles. The van der Waals surface area contributed by atoms with Gasteiger partial charge in [0.2, 0.25) is 0 Å². The second-order valence-corrected chi connectivity index (χ2v) is 8.89. The molecule has 1 saturated carbocycles. The molecular formula is C17H30ClN3S. The molecule has 0 bridgehead atoms. The van der Waals surface area contributed by atoms with Crippen LogP contribution in [0.3, 0.4) is 0 Å². The van der Waals surface area contributed by atoms with Crippen molar-refractivity contribution in [1.29, 1.82) is 0 Å². The van der Waals surface area contributed by atoms with Gasteiger partial charge in [-0.05, 0) is 43.6 Å². The Morgan fingerprint density at radius 3 is 2.45 bits per heavy atom. The summed E-state index contributed by atoms with van der Waals surface area (Å²) in [7, 11) is 0. The van der Waals surface area contributed by atoms with Crippen LogP contribution < -0.4 is 5.32 Å². The molecule has 22 heavy (non-hydrogen) atoms. The molecule has 0 atom stereocenters. The molecule has 0 radical (unpaired) electrons. The molecule has 126 valence electrons. The van der Waals surface area contributed by atoms with Crippen molar-refractivity contribution in [2.24, 2.45) is 5.92 Å². The minimum absolute atomic E-state index is 0. The van der Waals surface area contributed by atoms with Crippen molar-refractivity contribution in [3.63, 3.8) is 0 Å². The number of piperidine rings is 1. The first-order valence-corrected chi connectivity index (χ1v) is 9.23. The maximum Gasteiger partial charge on any atom is 0.107 e. The number of nitrogens with one attached hydrogen (secondary N) is 1. The average Bonchev–Trinajstić information content (AvgIpc) is 3.14. The Kier molecular flexibility index (Phi) is 6.29. The summed E-state index contributed by atoms with van der Waals surface area (Å²) in [4.78, 5) is 8.60. The van der Waals surface area contributed by atoms with E-state index < -0.39 is 0 Å². The molecule has 1 N–H and O–H groups in total. The Morgan fingerprint density at radius 2 is 1.91 bits per heavy atom. The molecule has 5 heteroatoms. The van der Waals surface area contributed by atoms with E-state index in [1.54, 1.807) is 0 Å². The summed E-state index contributed by atoms with van der Waals surface area (Å²) in [6.07, 6.45) is 7.57. The number of aromatic nitrogens is 1. The minimum atomic E-state index is 0. The molecule has 0 amide bonds. The van der Waals surface area contributed by atoms with Gasteiger partial charge in [-0.3, -0.25) is 4.90 Å². The van der Waals surface area contributed by atoms with Crippen molar-refractivity contribution < 1.29 is 0 Å². The van der Waals surface area contributed by atoms with Gasteiger partial charge in [-0.25, -0.2) is 4.98 Å². The lowest BCUT2D eigenvalue weighted by atomic mass is 9.96. The largest absolute Gasteiger partial charge is 0.314 e. The molecule has 3 nitrogen and oxygen atoms in total. The van der Waals surface area contributed by atoms with Crippen molar-refractivity contribution in [2.75, 3.05) is 19.6 Å². The summed E-state index contributed by atoms with van der Waals surface area (Å²) in [5.74, 6) is 0.995. The Bertz CT molecular complexity index is 457. The van der Waals surface area contributed by atoms with Crippen LogP contribution in [0.25, 0.3) is 0 Å². The highest BCUT2D eigenvalue weighted by atomic mass is 35.5. The predicted octanol–water partition coefficient (Wildman–Crippen LogP) is 3.83. The lowest BCUT2D eigenvalue weighted by molar-refractivity contribution is 0.190. The molecule has 1 aliphatic carbocycles. The molecule has 0 aromatic carbocycles. The highest BCUT2D eigenvalue weighted by Gasteiger charge is 2.25. The first-order chi connectivity index (χ1) is 10.0. The van der Waals surface area contributed by atoms with Crippen LogP contribution in [0.1, 0.15) is 56.3 Å². The zero-order chi connectivity index (χ0) is 14.9. The highest BCUT2D eigenvalue weighted by Crippen LogP contribution is 2.29. The van der Waals surface area contributed by atoms with Crippen LogP contribution in [0.2, 0.25) is 0 Å². The number of thiazole rings is 1. The summed E-state index contributed by atoms with van der Waals surface area (Å²) in [6, 6.07) is 0.753. The standard InChI is InChI=1S/C17H29N3S.ClH/c1-17(2,3)15-11-19-16(21-15)12-20-8-6-14(7-9-20)18-10-13-4-5-13;/h11,13-14,18H,4-10,12H2,1-3H3;1H. The van der Waals surface area contributed by atoms with E-state index in [1.807, 2.05) is 11.3 Å². The van der Waals surface area contributed by atoms with Gasteiger partial charge >= 0.3 is 0 Å². The first kappa shape index (κ1) is 18.2. The van der Waals surface area contributed by atoms with Crippen LogP contribution in [0.5, 0.6) is 0 Å². The maximum atomic E-state index is 4.62. The van der Waals surface area contributed by atoms with Crippen LogP contribution in [-0.2, 0) is 12.0 Å². The van der Waals surface area contributed by atoms with Crippen molar-refractivity contribution in [1.82, 2.24) is 15.2 Å². The van der Waals surface area contributed by atoms with Gasteiger partial charge in [0.25, 0.3) is 0 Å². The third-order valence-electron chi connectivity index (χ3n) is 4.63. The SMILES string of the molecule is CC(C)(C)c1cnc(CN2CCC(NCC3CC3)CC2)s1.Cl. The number of hydrogen-bond donors (Lipinski definition) is 1. The van der Waals surface area contributed by atoms with E-state index in [-0.39, 0.29) is 17.8 Å². The van der Waals surface area contributed by atoms with Crippen molar-refractivity contribution >= 4 is 23.7 Å². The van der Waals surface area contributed by atoms with Crippen LogP contribution in [0.15, 0.2) is 6.20 Å². The van der Waals surface area contributed by atoms with E-state index in [9.17, 15) is 0 Å². The zero-order valence-corrected chi connectivity index (χ0v) is 15.7. The molecule has 1 saturated heterocycles. The molecule has 1 aromatic rings. The lowest BCUT2D eigenvalue weighted by Gasteiger charge is -2.32. The van der Waals surface area contributed by atoms with Gasteiger partial charge in [-0.1, -0.05) is 20.8 Å². The van der Waals surface area contributed by atoms with Crippen molar-refractivity contribution in [3.05, 3.63) is 16.1 Å². The average molecular weight is 344 g/mol. The zero-order valence-electron chi connectivity index (χ0n) is 14.1. The van der Waals surface area contributed by atoms with Gasteiger partial charge in [-0.15, -0.1) is 23.7 Å². The van der Waals surface area contributed by atoms with Gasteiger partial charge < -0.3 is 5.32 Å². The first-order valence-electron chi connectivity index (χ1n) is 8.41. The third-order valence-corrected chi connectivity index (χ3v) is 6.04. The quantitative estimate of drug-likeness (QED) is 0.880. The summed E-state index contributed by atoms with van der Waals surface area (Å²) in [5, 5.41) is 5.03. The Balaban J connectivity index is 0.00000176. The van der Waals surface area contributed by atoms with E-state index in [1.165, 1.54) is 55.2 Å². The monoisotopic (exact) mass is 343 g/mol. The molecule has 1 aromatic heterocycles. The van der Waals surface area contributed by atoms with E-state index >= 15 is 0 Å². The molecule has 1 aliphatic heterocycles. The van der Waals surface area contributed by atoms with E-state index in [2.05, 4.69) is 42.2 Å². The Labute approximate surface area is 145 Å². The van der Waals surface area contributed by atoms with E-state index in [4.69, 9.17) is 0 Å². The predicted molar refractivity (Wildman–Crippen MR) is 97.1 cm³/mol. The molecule has 3 rings (SSSR count). The third kappa shape index (κ3) is 5.19. The Morgan fingerprint density at radius 1 is 1.23 bits per heavy atom. The molecule has 0 spiro atoms. The fourth-order valence-electron chi connectivity index (χ4n) is 2.87.